The van der Waals surface area contributed by atoms with Crippen molar-refractivity contribution in [3.63, 3.8) is 0 Å². The van der Waals surface area contributed by atoms with Crippen molar-refractivity contribution in [1.82, 2.24) is 19.7 Å². The maximum atomic E-state index is 14.9. The SMILES string of the molecule is CC(C)n1cnc2c(-c3ccc(F)c(-c4ccc(S(=N)(=O)C(C)C)cc4C#N)c3)cnnc21. The van der Waals surface area contributed by atoms with E-state index < -0.39 is 20.8 Å². The van der Waals surface area contributed by atoms with Crippen LogP contribution in [0.3, 0.4) is 0 Å². The Balaban J connectivity index is 1.88. The predicted octanol–water partition coefficient (Wildman–Crippen LogP) is 5.57. The van der Waals surface area contributed by atoms with Crippen LogP contribution in [0.25, 0.3) is 33.4 Å². The van der Waals surface area contributed by atoms with Crippen molar-refractivity contribution < 1.29 is 8.60 Å². The lowest BCUT2D eigenvalue weighted by Crippen LogP contribution is -2.12. The number of nitrogens with one attached hydrogen (secondary N) is 1. The van der Waals surface area contributed by atoms with Crippen LogP contribution in [0.1, 0.15) is 39.3 Å². The van der Waals surface area contributed by atoms with E-state index in [0.29, 0.717) is 27.9 Å². The Morgan fingerprint density at radius 1 is 1.09 bits per heavy atom. The third-order valence-corrected chi connectivity index (χ3v) is 7.89. The van der Waals surface area contributed by atoms with Crippen molar-refractivity contribution in [2.75, 3.05) is 0 Å². The average Bonchev–Trinajstić information content (AvgIpc) is 3.23. The highest BCUT2D eigenvalue weighted by Crippen LogP contribution is 2.34. The summed E-state index contributed by atoms with van der Waals surface area (Å²) in [4.78, 5) is 4.75. The normalized spacial score (nSPS) is 13.4. The molecular formula is C24H23FN6OS. The molecule has 0 aliphatic rings. The number of nitrogens with zero attached hydrogens (tertiary/aromatic N) is 5. The van der Waals surface area contributed by atoms with Crippen molar-refractivity contribution in [3.05, 3.63) is 60.3 Å². The highest BCUT2D eigenvalue weighted by atomic mass is 32.2. The van der Waals surface area contributed by atoms with E-state index in [2.05, 4.69) is 21.3 Å². The van der Waals surface area contributed by atoms with Crippen molar-refractivity contribution in [1.29, 1.82) is 10.0 Å². The molecule has 7 nitrogen and oxygen atoms in total. The number of hydrogen-bond donors (Lipinski definition) is 1. The van der Waals surface area contributed by atoms with E-state index in [1.165, 1.54) is 18.2 Å². The zero-order valence-corrected chi connectivity index (χ0v) is 19.5. The Labute approximate surface area is 191 Å². The van der Waals surface area contributed by atoms with Gasteiger partial charge < -0.3 is 4.57 Å². The molecule has 0 aliphatic heterocycles. The monoisotopic (exact) mass is 462 g/mol. The van der Waals surface area contributed by atoms with E-state index in [9.17, 15) is 13.9 Å². The molecule has 0 amide bonds. The number of aromatic nitrogens is 4. The molecule has 2 aromatic carbocycles. The van der Waals surface area contributed by atoms with Crippen LogP contribution >= 0.6 is 0 Å². The Bertz CT molecular complexity index is 1520. The average molecular weight is 463 g/mol. The van der Waals surface area contributed by atoms with Gasteiger partial charge in [-0.05, 0) is 57.5 Å². The third-order valence-electron chi connectivity index (χ3n) is 5.61. The van der Waals surface area contributed by atoms with Crippen LogP contribution in [-0.4, -0.2) is 29.2 Å². The quantitative estimate of drug-likeness (QED) is 0.417. The van der Waals surface area contributed by atoms with Gasteiger partial charge in [-0.1, -0.05) is 12.1 Å². The van der Waals surface area contributed by atoms with Gasteiger partial charge in [-0.25, -0.2) is 18.4 Å². The lowest BCUT2D eigenvalue weighted by atomic mass is 9.96. The lowest BCUT2D eigenvalue weighted by Gasteiger charge is -2.14. The maximum Gasteiger partial charge on any atom is 0.183 e. The number of fused-ring (bicyclic) bond motifs is 1. The largest absolute Gasteiger partial charge is 0.311 e. The molecule has 0 bridgehead atoms. The standard InChI is InChI=1S/C24H23FN6OS/c1-14(2)31-13-28-23-21(12-29-30-24(23)31)16-5-8-22(25)20(10-16)19-7-6-18(9-17(19)11-26)33(27,32)15(3)4/h5-10,12-15,27H,1-4H3. The van der Waals surface area contributed by atoms with E-state index >= 15 is 0 Å². The van der Waals surface area contributed by atoms with Crippen molar-refractivity contribution in [2.24, 2.45) is 0 Å². The number of hydrogen-bond acceptors (Lipinski definition) is 6. The second kappa shape index (κ2) is 8.37. The summed E-state index contributed by atoms with van der Waals surface area (Å²) in [6.07, 6.45) is 3.29. The van der Waals surface area contributed by atoms with Crippen LogP contribution in [0.4, 0.5) is 4.39 Å². The fourth-order valence-electron chi connectivity index (χ4n) is 3.65. The molecule has 9 heteroatoms. The molecule has 2 aromatic heterocycles. The molecule has 168 valence electrons. The molecule has 0 fully saturated rings. The summed E-state index contributed by atoms with van der Waals surface area (Å²) in [5.41, 5.74) is 3.42. The van der Waals surface area contributed by atoms with Crippen molar-refractivity contribution >= 4 is 20.9 Å². The topological polar surface area (TPSA) is 108 Å². The fraction of sp³-hybridized carbons (Fsp3) is 0.250. The Morgan fingerprint density at radius 3 is 2.52 bits per heavy atom. The maximum absolute atomic E-state index is 14.9. The summed E-state index contributed by atoms with van der Waals surface area (Å²) in [6, 6.07) is 11.4. The first-order valence-corrected chi connectivity index (χ1v) is 12.1. The minimum Gasteiger partial charge on any atom is -0.311 e. The Hall–Kier alpha value is -3.64. The molecule has 1 N–H and O–H groups in total. The van der Waals surface area contributed by atoms with Gasteiger partial charge in [0.1, 0.15) is 11.3 Å². The van der Waals surface area contributed by atoms with Crippen LogP contribution < -0.4 is 0 Å². The van der Waals surface area contributed by atoms with Crippen molar-refractivity contribution in [3.8, 4) is 28.3 Å². The highest BCUT2D eigenvalue weighted by Gasteiger charge is 2.20. The second-order valence-electron chi connectivity index (χ2n) is 8.34. The summed E-state index contributed by atoms with van der Waals surface area (Å²) in [5.74, 6) is -0.496. The Morgan fingerprint density at radius 2 is 1.85 bits per heavy atom. The van der Waals surface area contributed by atoms with E-state index in [-0.39, 0.29) is 22.1 Å². The zero-order chi connectivity index (χ0) is 23.9. The molecule has 4 rings (SSSR count). The number of imidazole rings is 1. The van der Waals surface area contributed by atoms with E-state index in [1.54, 1.807) is 44.6 Å². The van der Waals surface area contributed by atoms with Gasteiger partial charge in [-0.15, -0.1) is 5.10 Å². The first-order valence-electron chi connectivity index (χ1n) is 10.5. The number of rotatable bonds is 5. The molecule has 0 radical (unpaired) electrons. The third kappa shape index (κ3) is 3.87. The molecule has 1 atom stereocenters. The van der Waals surface area contributed by atoms with E-state index in [0.717, 1.165) is 0 Å². The summed E-state index contributed by atoms with van der Waals surface area (Å²) in [5, 5.41) is 17.6. The smallest absolute Gasteiger partial charge is 0.183 e. The summed E-state index contributed by atoms with van der Waals surface area (Å²) >= 11 is 0. The van der Waals surface area contributed by atoms with Gasteiger partial charge in [0.2, 0.25) is 0 Å². The molecule has 4 aromatic rings. The van der Waals surface area contributed by atoms with E-state index in [4.69, 9.17) is 4.78 Å². The number of halogens is 1. The van der Waals surface area contributed by atoms with Crippen molar-refractivity contribution in [2.45, 2.75) is 43.9 Å². The molecule has 0 aliphatic carbocycles. The molecule has 0 saturated carbocycles. The van der Waals surface area contributed by atoms with Gasteiger partial charge in [0.25, 0.3) is 0 Å². The van der Waals surface area contributed by atoms with E-state index in [1.807, 2.05) is 18.4 Å². The molecule has 0 saturated heterocycles. The first kappa shape index (κ1) is 22.6. The van der Waals surface area contributed by atoms with Crippen LogP contribution in [-0.2, 0) is 9.73 Å². The summed E-state index contributed by atoms with van der Waals surface area (Å²) < 4.78 is 37.8. The van der Waals surface area contributed by atoms with Crippen LogP contribution in [0.2, 0.25) is 0 Å². The van der Waals surface area contributed by atoms with Gasteiger partial charge >= 0.3 is 0 Å². The first-order chi connectivity index (χ1) is 15.6. The molecule has 1 unspecified atom stereocenters. The molecule has 0 spiro atoms. The van der Waals surface area contributed by atoms with Crippen LogP contribution in [0.5, 0.6) is 0 Å². The summed E-state index contributed by atoms with van der Waals surface area (Å²) in [6.45, 7) is 7.44. The minimum absolute atomic E-state index is 0.151. The van der Waals surface area contributed by atoms with Gasteiger partial charge in [-0.3, -0.25) is 0 Å². The predicted molar refractivity (Wildman–Crippen MR) is 126 cm³/mol. The number of benzene rings is 2. The van der Waals surface area contributed by atoms with Crippen LogP contribution in [0, 0.1) is 21.9 Å². The van der Waals surface area contributed by atoms with Crippen LogP contribution in [0.15, 0.2) is 53.8 Å². The molecule has 2 heterocycles. The fourth-order valence-corrected chi connectivity index (χ4v) is 4.75. The van der Waals surface area contributed by atoms with Gasteiger partial charge in [0.05, 0.1) is 33.9 Å². The number of nitriles is 1. The molecule has 33 heavy (non-hydrogen) atoms. The molecular weight excluding hydrogens is 439 g/mol. The second-order valence-corrected chi connectivity index (χ2v) is 11.0. The lowest BCUT2D eigenvalue weighted by molar-refractivity contribution is 0.610. The van der Waals surface area contributed by atoms with Gasteiger partial charge in [0, 0.05) is 32.9 Å². The minimum atomic E-state index is -3.07. The van der Waals surface area contributed by atoms with Gasteiger partial charge in [0.15, 0.2) is 5.65 Å². The zero-order valence-electron chi connectivity index (χ0n) is 18.7. The van der Waals surface area contributed by atoms with Gasteiger partial charge in [-0.2, -0.15) is 10.4 Å². The summed E-state index contributed by atoms with van der Waals surface area (Å²) in [7, 11) is -3.07. The highest BCUT2D eigenvalue weighted by molar-refractivity contribution is 7.93. The Kier molecular flexibility index (Phi) is 5.72.